The number of nitrogens with zero attached hydrogens (tertiary/aromatic N) is 1. The van der Waals surface area contributed by atoms with Gasteiger partial charge >= 0.3 is 0 Å². The van der Waals surface area contributed by atoms with Crippen LogP contribution in [0.2, 0.25) is 0 Å². The van der Waals surface area contributed by atoms with E-state index < -0.39 is 0 Å². The molecule has 2 aliphatic heterocycles. The summed E-state index contributed by atoms with van der Waals surface area (Å²) in [6, 6.07) is 0.353. The Kier molecular flexibility index (Phi) is 4.94. The Morgan fingerprint density at radius 3 is 2.35 bits per heavy atom. The lowest BCUT2D eigenvalue weighted by Crippen LogP contribution is -2.41. The van der Waals surface area contributed by atoms with Crippen molar-refractivity contribution in [1.29, 1.82) is 0 Å². The lowest BCUT2D eigenvalue weighted by molar-refractivity contribution is -0.123. The first kappa shape index (κ1) is 14.3. The molecule has 1 amide bonds. The van der Waals surface area contributed by atoms with E-state index in [-0.39, 0.29) is 5.91 Å². The zero-order valence-electron chi connectivity index (χ0n) is 12.5. The maximum absolute atomic E-state index is 12.1. The van der Waals surface area contributed by atoms with Crippen molar-refractivity contribution in [3.8, 4) is 0 Å². The Morgan fingerprint density at radius 1 is 1.00 bits per heavy atom. The van der Waals surface area contributed by atoms with Gasteiger partial charge in [0.25, 0.3) is 0 Å². The van der Waals surface area contributed by atoms with E-state index in [4.69, 9.17) is 4.74 Å². The van der Waals surface area contributed by atoms with Crippen LogP contribution in [-0.2, 0) is 9.53 Å². The molecule has 4 heteroatoms. The number of nitrogens with one attached hydrogen (secondary N) is 1. The zero-order chi connectivity index (χ0) is 13.8. The van der Waals surface area contributed by atoms with Gasteiger partial charge < -0.3 is 15.0 Å². The highest BCUT2D eigenvalue weighted by Crippen LogP contribution is 2.31. The first-order valence-electron chi connectivity index (χ1n) is 8.39. The van der Waals surface area contributed by atoms with Crippen molar-refractivity contribution in [2.24, 2.45) is 11.8 Å². The highest BCUT2D eigenvalue weighted by molar-refractivity contribution is 5.76. The average molecular weight is 280 g/mol. The number of piperidine rings is 1. The minimum absolute atomic E-state index is 0.262. The maximum Gasteiger partial charge on any atom is 0.220 e. The van der Waals surface area contributed by atoms with Crippen LogP contribution >= 0.6 is 0 Å². The van der Waals surface area contributed by atoms with Gasteiger partial charge in [-0.1, -0.05) is 0 Å². The smallest absolute Gasteiger partial charge is 0.220 e. The van der Waals surface area contributed by atoms with Crippen molar-refractivity contribution >= 4 is 5.91 Å². The molecular formula is C16H28N2O2. The van der Waals surface area contributed by atoms with Crippen LogP contribution in [0.25, 0.3) is 0 Å². The Balaban J connectivity index is 1.32. The second kappa shape index (κ2) is 6.90. The summed E-state index contributed by atoms with van der Waals surface area (Å²) < 4.78 is 5.32. The first-order chi connectivity index (χ1) is 9.79. The summed E-state index contributed by atoms with van der Waals surface area (Å²) in [5, 5.41) is 3.19. The van der Waals surface area contributed by atoms with E-state index in [0.29, 0.717) is 12.0 Å². The summed E-state index contributed by atoms with van der Waals surface area (Å²) >= 11 is 0. The second-order valence-electron chi connectivity index (χ2n) is 6.85. The molecule has 3 aliphatic rings. The largest absolute Gasteiger partial charge is 0.381 e. The van der Waals surface area contributed by atoms with Crippen LogP contribution in [0.4, 0.5) is 0 Å². The topological polar surface area (TPSA) is 41.6 Å². The minimum Gasteiger partial charge on any atom is -0.381 e. The normalized spacial score (nSPS) is 26.6. The molecule has 2 heterocycles. The Morgan fingerprint density at radius 2 is 1.70 bits per heavy atom. The molecule has 1 N–H and O–H groups in total. The molecule has 0 radical (unpaired) electrons. The number of rotatable bonds is 5. The van der Waals surface area contributed by atoms with Crippen molar-refractivity contribution in [3.63, 3.8) is 0 Å². The van der Waals surface area contributed by atoms with Gasteiger partial charge in [-0.15, -0.1) is 0 Å². The average Bonchev–Trinajstić information content (AvgIpc) is 3.26. The molecule has 1 aliphatic carbocycles. The summed E-state index contributed by atoms with van der Waals surface area (Å²) in [5.41, 5.74) is 0. The standard InChI is InChI=1S/C16H28N2O2/c19-16(17-15-5-9-20-10-6-15)11-13-3-7-18(8-4-13)12-14-1-2-14/h13-15H,1-12H2,(H,17,19). The van der Waals surface area contributed by atoms with Crippen LogP contribution < -0.4 is 5.32 Å². The molecule has 20 heavy (non-hydrogen) atoms. The number of amides is 1. The number of likely N-dealkylation sites (tertiary alicyclic amines) is 1. The van der Waals surface area contributed by atoms with Gasteiger partial charge in [0.1, 0.15) is 0 Å². The monoisotopic (exact) mass is 280 g/mol. The van der Waals surface area contributed by atoms with Gasteiger partial charge in [-0.25, -0.2) is 0 Å². The number of ether oxygens (including phenoxy) is 1. The van der Waals surface area contributed by atoms with Gasteiger partial charge in [0.15, 0.2) is 0 Å². The molecule has 0 bridgehead atoms. The predicted molar refractivity (Wildman–Crippen MR) is 78.5 cm³/mol. The first-order valence-corrected chi connectivity index (χ1v) is 8.39. The SMILES string of the molecule is O=C(CC1CCN(CC2CC2)CC1)NC1CCOCC1. The van der Waals surface area contributed by atoms with E-state index >= 15 is 0 Å². The maximum atomic E-state index is 12.1. The summed E-state index contributed by atoms with van der Waals surface area (Å²) in [5.74, 6) is 1.85. The molecule has 0 atom stereocenters. The van der Waals surface area contributed by atoms with E-state index in [1.807, 2.05) is 0 Å². The van der Waals surface area contributed by atoms with Gasteiger partial charge in [-0.05, 0) is 63.5 Å². The predicted octanol–water partition coefficient (Wildman–Crippen LogP) is 1.79. The number of hydrogen-bond donors (Lipinski definition) is 1. The fourth-order valence-electron chi connectivity index (χ4n) is 3.43. The molecule has 2 saturated heterocycles. The van der Waals surface area contributed by atoms with Gasteiger partial charge in [0.05, 0.1) is 0 Å². The number of hydrogen-bond acceptors (Lipinski definition) is 3. The van der Waals surface area contributed by atoms with E-state index in [0.717, 1.165) is 38.4 Å². The summed E-state index contributed by atoms with van der Waals surface area (Å²) in [4.78, 5) is 14.7. The molecule has 114 valence electrons. The third kappa shape index (κ3) is 4.45. The lowest BCUT2D eigenvalue weighted by atomic mass is 9.93. The summed E-state index contributed by atoms with van der Waals surface area (Å²) in [7, 11) is 0. The van der Waals surface area contributed by atoms with E-state index in [9.17, 15) is 4.79 Å². The van der Waals surface area contributed by atoms with Crippen LogP contribution in [-0.4, -0.2) is 49.7 Å². The van der Waals surface area contributed by atoms with E-state index in [1.165, 1.54) is 45.3 Å². The highest BCUT2D eigenvalue weighted by atomic mass is 16.5. The molecule has 0 aromatic rings. The highest BCUT2D eigenvalue weighted by Gasteiger charge is 2.28. The number of carbonyl (C=O) groups excluding carboxylic acids is 1. The summed E-state index contributed by atoms with van der Waals surface area (Å²) in [6.07, 6.45) is 7.97. The van der Waals surface area contributed by atoms with Gasteiger partial charge in [0, 0.05) is 32.2 Å². The van der Waals surface area contributed by atoms with E-state index in [1.54, 1.807) is 0 Å². The van der Waals surface area contributed by atoms with Gasteiger partial charge in [0.2, 0.25) is 5.91 Å². The molecule has 3 fully saturated rings. The fourth-order valence-corrected chi connectivity index (χ4v) is 3.43. The fraction of sp³-hybridized carbons (Fsp3) is 0.938. The van der Waals surface area contributed by atoms with E-state index in [2.05, 4.69) is 10.2 Å². The zero-order valence-corrected chi connectivity index (χ0v) is 12.5. The Labute approximate surface area is 122 Å². The van der Waals surface area contributed by atoms with Crippen molar-refractivity contribution in [2.45, 2.75) is 51.0 Å². The van der Waals surface area contributed by atoms with Crippen LogP contribution in [0.3, 0.4) is 0 Å². The van der Waals surface area contributed by atoms with Crippen molar-refractivity contribution < 1.29 is 9.53 Å². The molecule has 0 aromatic carbocycles. The van der Waals surface area contributed by atoms with Gasteiger partial charge in [-0.2, -0.15) is 0 Å². The third-order valence-corrected chi connectivity index (χ3v) is 4.98. The Bertz CT molecular complexity index is 316. The molecule has 0 spiro atoms. The van der Waals surface area contributed by atoms with Crippen LogP contribution in [0.1, 0.15) is 44.9 Å². The molecule has 4 nitrogen and oxygen atoms in total. The molecule has 0 aromatic heterocycles. The van der Waals surface area contributed by atoms with Gasteiger partial charge in [-0.3, -0.25) is 4.79 Å². The Hall–Kier alpha value is -0.610. The van der Waals surface area contributed by atoms with Crippen molar-refractivity contribution in [2.75, 3.05) is 32.8 Å². The third-order valence-electron chi connectivity index (χ3n) is 4.98. The van der Waals surface area contributed by atoms with Crippen LogP contribution in [0.15, 0.2) is 0 Å². The number of carbonyl (C=O) groups is 1. The minimum atomic E-state index is 0.262. The van der Waals surface area contributed by atoms with Crippen LogP contribution in [0.5, 0.6) is 0 Å². The van der Waals surface area contributed by atoms with Crippen molar-refractivity contribution in [3.05, 3.63) is 0 Å². The molecule has 1 saturated carbocycles. The summed E-state index contributed by atoms with van der Waals surface area (Å²) in [6.45, 7) is 5.30. The second-order valence-corrected chi connectivity index (χ2v) is 6.85. The quantitative estimate of drug-likeness (QED) is 0.835. The molecule has 3 rings (SSSR count). The lowest BCUT2D eigenvalue weighted by Gasteiger charge is -2.32. The van der Waals surface area contributed by atoms with Crippen molar-refractivity contribution in [1.82, 2.24) is 10.2 Å². The van der Waals surface area contributed by atoms with Crippen LogP contribution in [0, 0.1) is 11.8 Å². The molecule has 0 unspecified atom stereocenters. The molecular weight excluding hydrogens is 252 g/mol.